The number of ether oxygens (including phenoxy) is 1. The number of nitrogens with zero attached hydrogens (tertiary/aromatic N) is 2. The second kappa shape index (κ2) is 6.91. The number of rotatable bonds is 6. The van der Waals surface area contributed by atoms with Gasteiger partial charge in [0.15, 0.2) is 0 Å². The van der Waals surface area contributed by atoms with Crippen LogP contribution in [0.25, 0.3) is 0 Å². The third kappa shape index (κ3) is 3.53. The Morgan fingerprint density at radius 2 is 1.86 bits per heavy atom. The quantitative estimate of drug-likeness (QED) is 0.686. The summed E-state index contributed by atoms with van der Waals surface area (Å²) in [5.41, 5.74) is 5.38. The molecule has 0 bridgehead atoms. The molecule has 22 heavy (non-hydrogen) atoms. The smallest absolute Gasteiger partial charge is 0.214 e. The van der Waals surface area contributed by atoms with Crippen molar-refractivity contribution in [3.8, 4) is 5.75 Å². The fourth-order valence-corrected chi connectivity index (χ4v) is 2.22. The van der Waals surface area contributed by atoms with E-state index in [9.17, 15) is 0 Å². The Morgan fingerprint density at radius 1 is 1.09 bits per heavy atom. The lowest BCUT2D eigenvalue weighted by molar-refractivity contribution is 0.303. The van der Waals surface area contributed by atoms with Crippen molar-refractivity contribution in [2.45, 2.75) is 13.2 Å². The molecule has 0 spiro atoms. The Labute approximate surface area is 133 Å². The van der Waals surface area contributed by atoms with Crippen molar-refractivity contribution >= 4 is 12.2 Å². The van der Waals surface area contributed by atoms with Crippen molar-refractivity contribution < 1.29 is 4.74 Å². The van der Waals surface area contributed by atoms with E-state index in [0.29, 0.717) is 17.9 Å². The van der Waals surface area contributed by atoms with Crippen molar-refractivity contribution in [1.82, 2.24) is 14.9 Å². The first-order valence-corrected chi connectivity index (χ1v) is 7.34. The predicted molar refractivity (Wildman–Crippen MR) is 87.7 cm³/mol. The van der Waals surface area contributed by atoms with E-state index in [2.05, 4.69) is 15.6 Å². The molecule has 3 rings (SSSR count). The molecule has 1 aromatic heterocycles. The molecule has 0 aliphatic rings. The van der Waals surface area contributed by atoms with Crippen molar-refractivity contribution in [2.75, 3.05) is 5.43 Å². The minimum absolute atomic E-state index is 0.530. The van der Waals surface area contributed by atoms with Crippen molar-refractivity contribution in [2.24, 2.45) is 0 Å². The molecule has 3 aromatic rings. The highest BCUT2D eigenvalue weighted by Gasteiger charge is 2.04. The number of aromatic nitrogens is 3. The van der Waals surface area contributed by atoms with E-state index in [-0.39, 0.29) is 0 Å². The van der Waals surface area contributed by atoms with Crippen LogP contribution in [0.3, 0.4) is 0 Å². The molecule has 0 radical (unpaired) electrons. The highest BCUT2D eigenvalue weighted by molar-refractivity contribution is 7.71. The van der Waals surface area contributed by atoms with Gasteiger partial charge in [0.2, 0.25) is 4.77 Å². The zero-order chi connectivity index (χ0) is 15.2. The van der Waals surface area contributed by atoms with Crippen LogP contribution in [0.15, 0.2) is 60.9 Å². The fourth-order valence-electron chi connectivity index (χ4n) is 2.06. The van der Waals surface area contributed by atoms with Crippen LogP contribution in [0, 0.1) is 4.77 Å². The summed E-state index contributed by atoms with van der Waals surface area (Å²) >= 11 is 5.10. The van der Waals surface area contributed by atoms with Gasteiger partial charge in [-0.1, -0.05) is 48.5 Å². The molecule has 0 amide bonds. The van der Waals surface area contributed by atoms with E-state index < -0.39 is 0 Å². The number of hydrogen-bond donors (Lipinski definition) is 2. The third-order valence-electron chi connectivity index (χ3n) is 3.20. The molecule has 0 atom stereocenters. The second-order valence-electron chi connectivity index (χ2n) is 4.75. The summed E-state index contributed by atoms with van der Waals surface area (Å²) in [6.07, 6.45) is 1.61. The first-order chi connectivity index (χ1) is 10.8. The average molecular weight is 312 g/mol. The highest BCUT2D eigenvalue weighted by atomic mass is 32.1. The first-order valence-electron chi connectivity index (χ1n) is 6.93. The van der Waals surface area contributed by atoms with Crippen molar-refractivity contribution in [1.29, 1.82) is 0 Å². The van der Waals surface area contributed by atoms with Gasteiger partial charge in [0.05, 0.1) is 6.54 Å². The summed E-state index contributed by atoms with van der Waals surface area (Å²) in [4.78, 5) is 0. The summed E-state index contributed by atoms with van der Waals surface area (Å²) in [7, 11) is 0. The molecule has 2 aromatic carbocycles. The van der Waals surface area contributed by atoms with Gasteiger partial charge in [-0.3, -0.25) is 5.10 Å². The van der Waals surface area contributed by atoms with E-state index in [0.717, 1.165) is 16.9 Å². The third-order valence-corrected chi connectivity index (χ3v) is 3.49. The number of H-pyrrole nitrogens is 1. The van der Waals surface area contributed by atoms with E-state index in [1.807, 2.05) is 54.6 Å². The normalized spacial score (nSPS) is 10.4. The van der Waals surface area contributed by atoms with Gasteiger partial charge in [-0.05, 0) is 23.8 Å². The molecule has 5 nitrogen and oxygen atoms in total. The number of benzene rings is 2. The van der Waals surface area contributed by atoms with Crippen LogP contribution in [0.1, 0.15) is 11.1 Å². The minimum atomic E-state index is 0.530. The van der Waals surface area contributed by atoms with Gasteiger partial charge in [-0.25, -0.2) is 4.68 Å². The van der Waals surface area contributed by atoms with E-state index in [4.69, 9.17) is 17.0 Å². The standard InChI is InChI=1S/C16H16N4OS/c22-16-19-17-12-20(16)18-10-14-8-4-5-9-15(14)21-11-13-6-2-1-3-7-13/h1-9,12,18H,10-11H2,(H,19,22). The summed E-state index contributed by atoms with van der Waals surface area (Å²) in [5, 5.41) is 6.57. The minimum Gasteiger partial charge on any atom is -0.489 e. The van der Waals surface area contributed by atoms with Crippen LogP contribution in [0.5, 0.6) is 5.75 Å². The summed E-state index contributed by atoms with van der Waals surface area (Å²) in [6.45, 7) is 1.14. The zero-order valence-electron chi connectivity index (χ0n) is 11.9. The second-order valence-corrected chi connectivity index (χ2v) is 5.14. The molecule has 0 aliphatic heterocycles. The van der Waals surface area contributed by atoms with Crippen molar-refractivity contribution in [3.63, 3.8) is 0 Å². The van der Waals surface area contributed by atoms with Gasteiger partial charge in [0, 0.05) is 5.56 Å². The number of hydrogen-bond acceptors (Lipinski definition) is 4. The van der Waals surface area contributed by atoms with Gasteiger partial charge >= 0.3 is 0 Å². The molecule has 2 N–H and O–H groups in total. The molecular formula is C16H16N4OS. The fraction of sp³-hybridized carbons (Fsp3) is 0.125. The van der Waals surface area contributed by atoms with E-state index in [1.54, 1.807) is 11.0 Å². The van der Waals surface area contributed by atoms with Crippen molar-refractivity contribution in [3.05, 3.63) is 76.8 Å². The molecule has 0 unspecified atom stereocenters. The van der Waals surface area contributed by atoms with Gasteiger partial charge in [-0.2, -0.15) is 5.10 Å². The average Bonchev–Trinajstić information content (AvgIpc) is 2.98. The van der Waals surface area contributed by atoms with Crippen LogP contribution < -0.4 is 10.2 Å². The molecule has 0 fully saturated rings. The Kier molecular flexibility index (Phi) is 4.50. The Balaban J connectivity index is 1.67. The highest BCUT2D eigenvalue weighted by Crippen LogP contribution is 2.19. The lowest BCUT2D eigenvalue weighted by atomic mass is 10.2. The van der Waals surface area contributed by atoms with Crippen LogP contribution in [-0.4, -0.2) is 14.9 Å². The molecule has 1 heterocycles. The Bertz CT molecular complexity index is 782. The summed E-state index contributed by atoms with van der Waals surface area (Å²) in [5.74, 6) is 0.855. The zero-order valence-corrected chi connectivity index (χ0v) is 12.7. The van der Waals surface area contributed by atoms with Crippen LogP contribution >= 0.6 is 12.2 Å². The maximum atomic E-state index is 5.92. The SMILES string of the molecule is S=c1[nH]ncn1NCc1ccccc1OCc1ccccc1. The maximum Gasteiger partial charge on any atom is 0.214 e. The summed E-state index contributed by atoms with van der Waals surface area (Å²) < 4.78 is 8.12. The Morgan fingerprint density at radius 3 is 2.64 bits per heavy atom. The molecule has 0 saturated heterocycles. The molecule has 0 aliphatic carbocycles. The van der Waals surface area contributed by atoms with Gasteiger partial charge in [-0.15, -0.1) is 0 Å². The van der Waals surface area contributed by atoms with E-state index >= 15 is 0 Å². The molecule has 6 heteroatoms. The van der Waals surface area contributed by atoms with Gasteiger partial charge < -0.3 is 10.2 Å². The maximum absolute atomic E-state index is 5.92. The number of aromatic amines is 1. The van der Waals surface area contributed by atoms with E-state index in [1.165, 1.54) is 0 Å². The number of para-hydroxylation sites is 1. The predicted octanol–water partition coefficient (Wildman–Crippen LogP) is 3.26. The van der Waals surface area contributed by atoms with Crippen LogP contribution in [0.2, 0.25) is 0 Å². The van der Waals surface area contributed by atoms with Crippen LogP contribution in [-0.2, 0) is 13.2 Å². The topological polar surface area (TPSA) is 54.9 Å². The lowest BCUT2D eigenvalue weighted by Gasteiger charge is -2.13. The van der Waals surface area contributed by atoms with Gasteiger partial charge in [0.25, 0.3) is 0 Å². The number of nitrogens with one attached hydrogen (secondary N) is 2. The monoisotopic (exact) mass is 312 g/mol. The largest absolute Gasteiger partial charge is 0.489 e. The Hall–Kier alpha value is -2.60. The lowest BCUT2D eigenvalue weighted by Crippen LogP contribution is -2.14. The molecular weight excluding hydrogens is 296 g/mol. The van der Waals surface area contributed by atoms with Gasteiger partial charge in [0.1, 0.15) is 18.7 Å². The van der Waals surface area contributed by atoms with Crippen LogP contribution in [0.4, 0.5) is 0 Å². The first kappa shape index (κ1) is 14.3. The molecule has 0 saturated carbocycles. The molecule has 112 valence electrons. The summed E-state index contributed by atoms with van der Waals surface area (Å²) in [6, 6.07) is 18.0.